The number of aryl methyl sites for hydroxylation is 2. The van der Waals surface area contributed by atoms with Crippen molar-refractivity contribution in [1.29, 1.82) is 0 Å². The third kappa shape index (κ3) is 9.81. The Hall–Kier alpha value is -4.37. The molecule has 246 valence electrons. The summed E-state index contributed by atoms with van der Waals surface area (Å²) in [7, 11) is 0. The number of hydrogen-bond acceptors (Lipinski definition) is 5. The van der Waals surface area contributed by atoms with E-state index in [1.807, 2.05) is 0 Å². The van der Waals surface area contributed by atoms with Gasteiger partial charge in [0.1, 0.15) is 11.8 Å². The van der Waals surface area contributed by atoms with Gasteiger partial charge in [-0.3, -0.25) is 9.59 Å². The lowest BCUT2D eigenvalue weighted by Gasteiger charge is -2.37. The fourth-order valence-electron chi connectivity index (χ4n) is 5.23. The normalized spacial score (nSPS) is 20.2. The molecule has 0 unspecified atom stereocenters. The van der Waals surface area contributed by atoms with E-state index in [1.54, 1.807) is 50.2 Å². The summed E-state index contributed by atoms with van der Waals surface area (Å²) in [6.45, 7) is -2.44. The molecule has 0 radical (unpaired) electrons. The number of carbonyl (C=O) groups is 3. The molecule has 0 spiro atoms. The smallest absolute Gasteiger partial charge is 0.318 e. The number of nitrogens with zero attached hydrogens (tertiary/aromatic N) is 1. The maximum absolute atomic E-state index is 14.1. The van der Waals surface area contributed by atoms with Crippen LogP contribution in [0.5, 0.6) is 5.75 Å². The Kier molecular flexibility index (Phi) is 8.41. The third-order valence-electron chi connectivity index (χ3n) is 7.42. The highest BCUT2D eigenvalue weighted by molar-refractivity contribution is 5.87. The van der Waals surface area contributed by atoms with E-state index < -0.39 is 104 Å². The van der Waals surface area contributed by atoms with Crippen LogP contribution in [-0.4, -0.2) is 71.8 Å². The predicted octanol–water partition coefficient (Wildman–Crippen LogP) is 4.33. The number of para-hydroxylation sites is 1. The molecule has 4 atom stereocenters. The summed E-state index contributed by atoms with van der Waals surface area (Å²) in [5, 5.41) is 19.8. The number of ether oxygens (including phenoxy) is 1. The summed E-state index contributed by atoms with van der Waals surface area (Å²) >= 11 is 0. The van der Waals surface area contributed by atoms with Crippen molar-refractivity contribution in [2.24, 2.45) is 5.92 Å². The maximum Gasteiger partial charge on any atom is 0.318 e. The molecule has 1 fully saturated rings. The fraction of sp³-hybridized carbons (Fsp3) is 0.432. The first kappa shape index (κ1) is 23.0. The van der Waals surface area contributed by atoms with Gasteiger partial charge in [-0.05, 0) is 67.5 Å². The fourth-order valence-corrected chi connectivity index (χ4v) is 5.23. The van der Waals surface area contributed by atoms with E-state index in [2.05, 4.69) is 16.0 Å². The van der Waals surface area contributed by atoms with Crippen LogP contribution in [0, 0.1) is 19.6 Å². The summed E-state index contributed by atoms with van der Waals surface area (Å²) in [6.07, 6.45) is -6.90. The van der Waals surface area contributed by atoms with Crippen molar-refractivity contribution in [2.45, 2.75) is 77.4 Å². The molecule has 46 heavy (non-hydrogen) atoms. The first-order valence-corrected chi connectivity index (χ1v) is 15.3. The molecule has 0 bridgehead atoms. The number of nitrogens with one attached hydrogen (secondary N) is 3. The van der Waals surface area contributed by atoms with Crippen molar-refractivity contribution in [1.82, 2.24) is 20.9 Å². The predicted molar refractivity (Wildman–Crippen MR) is 180 cm³/mol. The van der Waals surface area contributed by atoms with Gasteiger partial charge in [-0.2, -0.15) is 0 Å². The average Bonchev–Trinajstić information content (AvgIpc) is 3.13. The largest absolute Gasteiger partial charge is 0.483 e. The summed E-state index contributed by atoms with van der Waals surface area (Å²) in [5.74, 6) is -2.74. The van der Waals surface area contributed by atoms with Crippen LogP contribution in [0.2, 0.25) is 0 Å². The standard InChI is InChI=1S/C37H48N4O5/c1-25(2)34(41-20-12-19-38-37(41)45)36(44)39-30(21-28-15-7-5-8-16-28)23-32(42)31(22-29-17-9-6-10-18-29)40-33(43)24-46-35-26(3)13-11-14-27(35)4/h5-11,13-18,25,30-32,34,42H,12,19-24H2,1-4H3,(H,38,45)(H,39,44)(H,40,43)/t30-,31-,32-,34-/m0/s1/i3D3,4D3,21D2,22D2. The number of hydrogen-bond donors (Lipinski definition) is 4. The van der Waals surface area contributed by atoms with Crippen molar-refractivity contribution >= 4 is 17.8 Å². The average molecular weight is 639 g/mol. The van der Waals surface area contributed by atoms with Crippen LogP contribution in [0.1, 0.15) is 62.7 Å². The molecule has 1 aliphatic heterocycles. The minimum absolute atomic E-state index is 0.0327. The number of rotatable bonds is 15. The molecular weight excluding hydrogens is 580 g/mol. The Labute approximate surface area is 286 Å². The van der Waals surface area contributed by atoms with Gasteiger partial charge in [-0.25, -0.2) is 4.79 Å². The second-order valence-corrected chi connectivity index (χ2v) is 11.4. The summed E-state index contributed by atoms with van der Waals surface area (Å²) < 4.78 is 89.6. The molecule has 4 N–H and O–H groups in total. The first-order chi connectivity index (χ1) is 26.1. The van der Waals surface area contributed by atoms with Crippen LogP contribution in [-0.2, 0) is 22.3 Å². The number of benzene rings is 3. The van der Waals surface area contributed by atoms with E-state index in [9.17, 15) is 22.2 Å². The van der Waals surface area contributed by atoms with Crippen LogP contribution in [0.3, 0.4) is 0 Å². The number of carbonyl (C=O) groups excluding carboxylic acids is 3. The lowest BCUT2D eigenvalue weighted by atomic mass is 9.92. The van der Waals surface area contributed by atoms with E-state index in [0.29, 0.717) is 13.0 Å². The van der Waals surface area contributed by atoms with Crippen molar-refractivity contribution in [3.05, 3.63) is 101 Å². The van der Waals surface area contributed by atoms with E-state index in [4.69, 9.17) is 15.7 Å². The zero-order chi connectivity index (χ0) is 41.6. The summed E-state index contributed by atoms with van der Waals surface area (Å²) in [5.41, 5.74) is -0.755. The van der Waals surface area contributed by atoms with Gasteiger partial charge in [-0.1, -0.05) is 92.7 Å². The number of aliphatic hydroxyl groups excluding tert-OH is 1. The molecule has 4 rings (SSSR count). The Balaban J connectivity index is 1.71. The molecule has 3 aromatic rings. The third-order valence-corrected chi connectivity index (χ3v) is 7.42. The summed E-state index contributed by atoms with van der Waals surface area (Å²) in [4.78, 5) is 41.8. The molecule has 0 aromatic heterocycles. The van der Waals surface area contributed by atoms with Crippen molar-refractivity contribution in [2.75, 3.05) is 19.7 Å². The highest BCUT2D eigenvalue weighted by atomic mass is 16.5. The monoisotopic (exact) mass is 638 g/mol. The molecule has 9 nitrogen and oxygen atoms in total. The molecule has 0 saturated carbocycles. The topological polar surface area (TPSA) is 120 Å². The highest BCUT2D eigenvalue weighted by Crippen LogP contribution is 2.22. The van der Waals surface area contributed by atoms with Crippen LogP contribution in [0.25, 0.3) is 0 Å². The van der Waals surface area contributed by atoms with Gasteiger partial charge in [0.25, 0.3) is 5.91 Å². The minimum Gasteiger partial charge on any atom is -0.483 e. The molecule has 4 amide bonds. The van der Waals surface area contributed by atoms with Crippen LogP contribution in [0.4, 0.5) is 4.79 Å². The van der Waals surface area contributed by atoms with Crippen LogP contribution < -0.4 is 20.7 Å². The van der Waals surface area contributed by atoms with Crippen molar-refractivity contribution in [3.8, 4) is 5.75 Å². The summed E-state index contributed by atoms with van der Waals surface area (Å²) in [6, 6.07) is 14.1. The van der Waals surface area contributed by atoms with Gasteiger partial charge >= 0.3 is 6.03 Å². The van der Waals surface area contributed by atoms with E-state index >= 15 is 0 Å². The number of amides is 4. The van der Waals surface area contributed by atoms with Gasteiger partial charge in [0.05, 0.1) is 12.1 Å². The number of urea groups is 1. The minimum atomic E-state index is -2.82. The van der Waals surface area contributed by atoms with Crippen molar-refractivity contribution in [3.63, 3.8) is 0 Å². The first-order valence-electron chi connectivity index (χ1n) is 20.3. The van der Waals surface area contributed by atoms with Crippen LogP contribution in [0.15, 0.2) is 78.9 Å². The van der Waals surface area contributed by atoms with Crippen LogP contribution >= 0.6 is 0 Å². The Morgan fingerprint density at radius 2 is 1.59 bits per heavy atom. The second-order valence-electron chi connectivity index (χ2n) is 11.4. The lowest BCUT2D eigenvalue weighted by Crippen LogP contribution is -2.59. The second kappa shape index (κ2) is 16.8. The Bertz CT molecular complexity index is 1780. The Morgan fingerprint density at radius 1 is 0.957 bits per heavy atom. The van der Waals surface area contributed by atoms with E-state index in [1.165, 1.54) is 35.2 Å². The van der Waals surface area contributed by atoms with Gasteiger partial charge in [0, 0.05) is 32.8 Å². The molecular formula is C37H48N4O5. The van der Waals surface area contributed by atoms with E-state index in [-0.39, 0.29) is 17.7 Å². The van der Waals surface area contributed by atoms with Gasteiger partial charge < -0.3 is 30.7 Å². The highest BCUT2D eigenvalue weighted by Gasteiger charge is 2.35. The molecule has 9 heteroatoms. The number of aliphatic hydroxyl groups is 1. The SMILES string of the molecule is [2H]C([2H])([2H])c1cccc(C([2H])([2H])[2H])c1OCC(=O)N[C@H]([C@@H](O)C[C@@H](NC(=O)[C@H](C(C)C)N1CCCNC1=O)C([2H])([2H])c1ccccc1)C([2H])([2H])c1ccccc1. The molecule has 0 aliphatic carbocycles. The quantitative estimate of drug-likeness (QED) is 0.198. The zero-order valence-corrected chi connectivity index (χ0v) is 26.0. The lowest BCUT2D eigenvalue weighted by molar-refractivity contribution is -0.128. The van der Waals surface area contributed by atoms with Gasteiger partial charge in [0.2, 0.25) is 5.91 Å². The Morgan fingerprint density at radius 3 is 2.17 bits per heavy atom. The molecule has 1 heterocycles. The van der Waals surface area contributed by atoms with E-state index in [0.717, 1.165) is 12.1 Å². The van der Waals surface area contributed by atoms with Gasteiger partial charge in [-0.15, -0.1) is 0 Å². The molecule has 3 aromatic carbocycles. The van der Waals surface area contributed by atoms with Crippen molar-refractivity contribution < 1.29 is 37.9 Å². The molecule has 1 saturated heterocycles. The molecule has 1 aliphatic rings. The van der Waals surface area contributed by atoms with Gasteiger partial charge in [0.15, 0.2) is 6.61 Å². The zero-order valence-electron chi connectivity index (χ0n) is 36.0. The maximum atomic E-state index is 14.1.